The van der Waals surface area contributed by atoms with Gasteiger partial charge in [0.1, 0.15) is 5.76 Å². The Kier molecular flexibility index (Phi) is 5.71. The molecular formula is C14H24N2O2. The zero-order valence-electron chi connectivity index (χ0n) is 11.2. The Morgan fingerprint density at radius 2 is 2.22 bits per heavy atom. The van der Waals surface area contributed by atoms with Gasteiger partial charge in [-0.2, -0.15) is 0 Å². The first kappa shape index (κ1) is 13.6. The van der Waals surface area contributed by atoms with Gasteiger partial charge in [0, 0.05) is 32.8 Å². The third-order valence-corrected chi connectivity index (χ3v) is 3.46. The molecule has 18 heavy (non-hydrogen) atoms. The first-order chi connectivity index (χ1) is 8.84. The topological polar surface area (TPSA) is 37.6 Å². The maximum absolute atomic E-state index is 5.38. The molecule has 0 spiro atoms. The third-order valence-electron chi connectivity index (χ3n) is 3.46. The molecule has 2 rings (SSSR count). The van der Waals surface area contributed by atoms with Crippen LogP contribution in [0.1, 0.15) is 18.6 Å². The van der Waals surface area contributed by atoms with Crippen molar-refractivity contribution in [3.05, 3.63) is 24.2 Å². The van der Waals surface area contributed by atoms with Crippen molar-refractivity contribution in [2.45, 2.75) is 19.4 Å². The SMILES string of the molecule is CN(CCNCc1ccco1)CC1CCOCC1. The van der Waals surface area contributed by atoms with Crippen LogP contribution in [0.2, 0.25) is 0 Å². The summed E-state index contributed by atoms with van der Waals surface area (Å²) in [4.78, 5) is 2.41. The smallest absolute Gasteiger partial charge is 0.117 e. The van der Waals surface area contributed by atoms with E-state index in [4.69, 9.17) is 9.15 Å². The highest BCUT2D eigenvalue weighted by atomic mass is 16.5. The largest absolute Gasteiger partial charge is 0.468 e. The van der Waals surface area contributed by atoms with Gasteiger partial charge >= 0.3 is 0 Å². The summed E-state index contributed by atoms with van der Waals surface area (Å²) in [5, 5.41) is 3.40. The van der Waals surface area contributed by atoms with Gasteiger partial charge in [-0.15, -0.1) is 0 Å². The van der Waals surface area contributed by atoms with Gasteiger partial charge in [-0.25, -0.2) is 0 Å². The zero-order valence-corrected chi connectivity index (χ0v) is 11.2. The summed E-state index contributed by atoms with van der Waals surface area (Å²) in [6.07, 6.45) is 4.14. The van der Waals surface area contributed by atoms with Gasteiger partial charge in [0.05, 0.1) is 12.8 Å². The van der Waals surface area contributed by atoms with Gasteiger partial charge in [-0.05, 0) is 37.9 Å². The minimum absolute atomic E-state index is 0.814. The van der Waals surface area contributed by atoms with Crippen molar-refractivity contribution in [2.75, 3.05) is 39.9 Å². The number of nitrogens with one attached hydrogen (secondary N) is 1. The lowest BCUT2D eigenvalue weighted by Crippen LogP contribution is -2.34. The lowest BCUT2D eigenvalue weighted by molar-refractivity contribution is 0.0558. The highest BCUT2D eigenvalue weighted by Crippen LogP contribution is 2.15. The fourth-order valence-electron chi connectivity index (χ4n) is 2.36. The first-order valence-electron chi connectivity index (χ1n) is 6.84. The van der Waals surface area contributed by atoms with Crippen LogP contribution < -0.4 is 5.32 Å². The molecule has 1 aliphatic rings. The van der Waals surface area contributed by atoms with Gasteiger partial charge in [0.25, 0.3) is 0 Å². The van der Waals surface area contributed by atoms with E-state index < -0.39 is 0 Å². The van der Waals surface area contributed by atoms with E-state index in [-0.39, 0.29) is 0 Å². The maximum Gasteiger partial charge on any atom is 0.117 e. The van der Waals surface area contributed by atoms with Gasteiger partial charge in [-0.1, -0.05) is 0 Å². The molecule has 0 saturated carbocycles. The quantitative estimate of drug-likeness (QED) is 0.750. The van der Waals surface area contributed by atoms with E-state index in [9.17, 15) is 0 Å². The number of hydrogen-bond acceptors (Lipinski definition) is 4. The van der Waals surface area contributed by atoms with Gasteiger partial charge in [0.15, 0.2) is 0 Å². The summed E-state index contributed by atoms with van der Waals surface area (Å²) in [6.45, 7) is 5.97. The number of ether oxygens (including phenoxy) is 1. The molecule has 4 nitrogen and oxygen atoms in total. The molecule has 2 heterocycles. The Morgan fingerprint density at radius 1 is 1.39 bits per heavy atom. The second-order valence-corrected chi connectivity index (χ2v) is 5.07. The normalized spacial score (nSPS) is 17.4. The summed E-state index contributed by atoms with van der Waals surface area (Å²) in [5.74, 6) is 1.82. The number of nitrogens with zero attached hydrogens (tertiary/aromatic N) is 1. The van der Waals surface area contributed by atoms with Gasteiger partial charge in [-0.3, -0.25) is 0 Å². The van der Waals surface area contributed by atoms with Crippen LogP contribution in [0.25, 0.3) is 0 Å². The van der Waals surface area contributed by atoms with E-state index in [2.05, 4.69) is 17.3 Å². The minimum atomic E-state index is 0.814. The molecule has 1 saturated heterocycles. The molecule has 0 aliphatic carbocycles. The van der Waals surface area contributed by atoms with Crippen LogP contribution in [0.3, 0.4) is 0 Å². The van der Waals surface area contributed by atoms with E-state index in [1.54, 1.807) is 6.26 Å². The van der Waals surface area contributed by atoms with E-state index in [0.717, 1.165) is 44.5 Å². The lowest BCUT2D eigenvalue weighted by Gasteiger charge is -2.27. The van der Waals surface area contributed by atoms with Gasteiger partial charge in [0.2, 0.25) is 0 Å². The monoisotopic (exact) mass is 252 g/mol. The van der Waals surface area contributed by atoms with Crippen LogP contribution in [0.15, 0.2) is 22.8 Å². The van der Waals surface area contributed by atoms with Crippen molar-refractivity contribution >= 4 is 0 Å². The Labute approximate surface area is 109 Å². The fraction of sp³-hybridized carbons (Fsp3) is 0.714. The Bertz CT molecular complexity index is 308. The van der Waals surface area contributed by atoms with Crippen molar-refractivity contribution < 1.29 is 9.15 Å². The molecule has 0 unspecified atom stereocenters. The molecule has 1 N–H and O–H groups in total. The van der Waals surface area contributed by atoms with Gasteiger partial charge < -0.3 is 19.4 Å². The molecule has 1 aromatic rings. The predicted octanol–water partition coefficient (Wildman–Crippen LogP) is 1.73. The van der Waals surface area contributed by atoms with Crippen molar-refractivity contribution in [1.82, 2.24) is 10.2 Å². The highest BCUT2D eigenvalue weighted by Gasteiger charge is 2.15. The predicted molar refractivity (Wildman–Crippen MR) is 71.5 cm³/mol. The molecule has 1 aliphatic heterocycles. The number of hydrogen-bond donors (Lipinski definition) is 1. The third kappa shape index (κ3) is 4.80. The standard InChI is InChI=1S/C14H24N2O2/c1-16(12-13-4-9-17-10-5-13)7-6-15-11-14-3-2-8-18-14/h2-3,8,13,15H,4-7,9-12H2,1H3. The number of furan rings is 1. The average molecular weight is 252 g/mol. The van der Waals surface area contributed by atoms with Crippen molar-refractivity contribution in [3.63, 3.8) is 0 Å². The second-order valence-electron chi connectivity index (χ2n) is 5.07. The summed E-state index contributed by atoms with van der Waals surface area (Å²) in [7, 11) is 2.20. The number of likely N-dealkylation sites (N-methyl/N-ethyl adjacent to an activating group) is 1. The molecule has 4 heteroatoms. The van der Waals surface area contributed by atoms with Crippen LogP contribution in [0.4, 0.5) is 0 Å². The van der Waals surface area contributed by atoms with Crippen LogP contribution in [0.5, 0.6) is 0 Å². The average Bonchev–Trinajstić information content (AvgIpc) is 2.89. The van der Waals surface area contributed by atoms with Crippen molar-refractivity contribution in [1.29, 1.82) is 0 Å². The minimum Gasteiger partial charge on any atom is -0.468 e. The summed E-state index contributed by atoms with van der Waals surface area (Å²) < 4.78 is 10.7. The van der Waals surface area contributed by atoms with Crippen LogP contribution >= 0.6 is 0 Å². The van der Waals surface area contributed by atoms with E-state index in [1.165, 1.54) is 19.4 Å². The second kappa shape index (κ2) is 7.56. The van der Waals surface area contributed by atoms with E-state index >= 15 is 0 Å². The van der Waals surface area contributed by atoms with Crippen LogP contribution in [-0.4, -0.2) is 44.8 Å². The van der Waals surface area contributed by atoms with Crippen LogP contribution in [0, 0.1) is 5.92 Å². The molecule has 102 valence electrons. The Balaban J connectivity index is 1.52. The Hall–Kier alpha value is -0.840. The molecular weight excluding hydrogens is 228 g/mol. The summed E-state index contributed by atoms with van der Waals surface area (Å²) >= 11 is 0. The van der Waals surface area contributed by atoms with Crippen molar-refractivity contribution in [2.24, 2.45) is 5.92 Å². The summed E-state index contributed by atoms with van der Waals surface area (Å²) in [5.41, 5.74) is 0. The molecule has 0 bridgehead atoms. The molecule has 1 fully saturated rings. The van der Waals surface area contributed by atoms with Crippen molar-refractivity contribution in [3.8, 4) is 0 Å². The summed E-state index contributed by atoms with van der Waals surface area (Å²) in [6, 6.07) is 3.92. The van der Waals surface area contributed by atoms with E-state index in [1.807, 2.05) is 12.1 Å². The zero-order chi connectivity index (χ0) is 12.6. The molecule has 0 amide bonds. The van der Waals surface area contributed by atoms with E-state index in [0.29, 0.717) is 0 Å². The molecule has 0 atom stereocenters. The lowest BCUT2D eigenvalue weighted by atomic mass is 10.00. The highest BCUT2D eigenvalue weighted by molar-refractivity contribution is 4.97. The molecule has 0 radical (unpaired) electrons. The maximum atomic E-state index is 5.38. The van der Waals surface area contributed by atoms with Crippen LogP contribution in [-0.2, 0) is 11.3 Å². The molecule has 1 aromatic heterocycles. The Morgan fingerprint density at radius 3 is 2.94 bits per heavy atom. The molecule has 0 aromatic carbocycles. The first-order valence-corrected chi connectivity index (χ1v) is 6.84. The fourth-order valence-corrected chi connectivity index (χ4v) is 2.36. The number of rotatable bonds is 7.